The van der Waals surface area contributed by atoms with Gasteiger partial charge in [0.25, 0.3) is 13.7 Å². The van der Waals surface area contributed by atoms with Crippen LogP contribution in [0, 0.1) is 6.92 Å². The molecule has 1 saturated heterocycles. The smallest absolute Gasteiger partial charge is 0.330 e. The second kappa shape index (κ2) is 9.77. The van der Waals surface area contributed by atoms with E-state index in [9.17, 15) is 28.4 Å². The zero-order valence-corrected chi connectivity index (χ0v) is 17.4. The lowest BCUT2D eigenvalue weighted by Gasteiger charge is -2.18. The van der Waals surface area contributed by atoms with Gasteiger partial charge in [0.2, 0.25) is 0 Å². The number of esters is 1. The Bertz CT molecular complexity index is 872. The Morgan fingerprint density at radius 3 is 2.72 bits per heavy atom. The van der Waals surface area contributed by atoms with Gasteiger partial charge in [-0.2, -0.15) is 0 Å². The summed E-state index contributed by atoms with van der Waals surface area (Å²) in [6, 6.07) is -0.900. The van der Waals surface area contributed by atoms with Crippen molar-refractivity contribution in [2.45, 2.75) is 64.4 Å². The third-order valence-corrected chi connectivity index (χ3v) is 5.23. The number of nitrogens with zero attached hydrogens (tertiary/aromatic N) is 1. The highest BCUT2D eigenvalue weighted by atomic mass is 31.1. The summed E-state index contributed by atoms with van der Waals surface area (Å²) >= 11 is 0. The summed E-state index contributed by atoms with van der Waals surface area (Å²) < 4.78 is 42.7. The standard InChI is InChI=1S/C16H25FN3O8P/c1-7(2)27-15(23)9(4)19-29(25)26-6-10-12(21)11(17)14(28-10)20-5-8(3)13(22)18-16(20)24/h5,7,9-12,14,21,29H,6H2,1-4H3,(H,19,25)(H,18,22,24)/t9-,10-,11+,12-,14-/m0/s1. The first-order valence-electron chi connectivity index (χ1n) is 8.94. The molecule has 0 radical (unpaired) electrons. The zero-order valence-electron chi connectivity index (χ0n) is 16.4. The lowest BCUT2D eigenvalue weighted by molar-refractivity contribution is -0.149. The maximum Gasteiger partial charge on any atom is 0.330 e. The van der Waals surface area contributed by atoms with Crippen LogP contribution in [0.25, 0.3) is 0 Å². The van der Waals surface area contributed by atoms with E-state index in [1.54, 1.807) is 13.8 Å². The number of carbonyl (C=O) groups excluding carboxylic acids is 1. The van der Waals surface area contributed by atoms with E-state index in [0.29, 0.717) is 0 Å². The Hall–Kier alpha value is -1.85. The highest BCUT2D eigenvalue weighted by Crippen LogP contribution is 2.32. The number of aliphatic hydroxyl groups excluding tert-OH is 1. The molecule has 3 N–H and O–H groups in total. The average Bonchev–Trinajstić information content (AvgIpc) is 2.90. The molecule has 29 heavy (non-hydrogen) atoms. The monoisotopic (exact) mass is 437 g/mol. The molecule has 1 fully saturated rings. The molecule has 0 spiro atoms. The van der Waals surface area contributed by atoms with E-state index in [1.807, 2.05) is 4.98 Å². The summed E-state index contributed by atoms with van der Waals surface area (Å²) in [5, 5.41) is 12.5. The van der Waals surface area contributed by atoms with Crippen molar-refractivity contribution in [3.05, 3.63) is 32.6 Å². The quantitative estimate of drug-likeness (QED) is 0.371. The molecule has 6 atom stereocenters. The van der Waals surface area contributed by atoms with Gasteiger partial charge < -0.3 is 19.1 Å². The number of ether oxygens (including phenoxy) is 2. The Morgan fingerprint density at radius 2 is 2.10 bits per heavy atom. The molecule has 1 aromatic rings. The van der Waals surface area contributed by atoms with Crippen molar-refractivity contribution in [1.82, 2.24) is 14.6 Å². The molecule has 1 aliphatic rings. The number of alkyl halides is 1. The third kappa shape index (κ3) is 5.83. The fourth-order valence-corrected chi connectivity index (χ4v) is 3.48. The summed E-state index contributed by atoms with van der Waals surface area (Å²) in [5.41, 5.74) is -1.35. The molecule has 0 saturated carbocycles. The van der Waals surface area contributed by atoms with Crippen LogP contribution in [0.4, 0.5) is 4.39 Å². The van der Waals surface area contributed by atoms with E-state index < -0.39 is 62.7 Å². The first-order chi connectivity index (χ1) is 13.5. The van der Waals surface area contributed by atoms with Gasteiger partial charge in [-0.25, -0.2) is 14.3 Å². The van der Waals surface area contributed by atoms with Gasteiger partial charge in [0.05, 0.1) is 12.7 Å². The van der Waals surface area contributed by atoms with Gasteiger partial charge in [0.1, 0.15) is 18.2 Å². The van der Waals surface area contributed by atoms with Crippen molar-refractivity contribution in [3.63, 3.8) is 0 Å². The van der Waals surface area contributed by atoms with Crippen molar-refractivity contribution in [3.8, 4) is 0 Å². The predicted octanol–water partition coefficient (Wildman–Crippen LogP) is -0.223. The van der Waals surface area contributed by atoms with Gasteiger partial charge in [-0.3, -0.25) is 23.7 Å². The lowest BCUT2D eigenvalue weighted by atomic mass is 10.1. The highest BCUT2D eigenvalue weighted by Gasteiger charge is 2.46. The second-order valence-corrected chi connectivity index (χ2v) is 8.08. The lowest BCUT2D eigenvalue weighted by Crippen LogP contribution is -2.36. The number of H-pyrrole nitrogens is 1. The number of aromatic nitrogens is 2. The molecule has 1 aromatic heterocycles. The Morgan fingerprint density at radius 1 is 1.45 bits per heavy atom. The predicted molar refractivity (Wildman–Crippen MR) is 99.7 cm³/mol. The molecule has 11 nitrogen and oxygen atoms in total. The van der Waals surface area contributed by atoms with Crippen molar-refractivity contribution < 1.29 is 32.9 Å². The van der Waals surface area contributed by atoms with Gasteiger partial charge in [-0.1, -0.05) is 0 Å². The first-order valence-corrected chi connectivity index (χ1v) is 10.3. The summed E-state index contributed by atoms with van der Waals surface area (Å²) in [5.74, 6) is -0.615. The number of hydrogen-bond acceptors (Lipinski definition) is 8. The minimum atomic E-state index is -2.93. The molecule has 0 aliphatic carbocycles. The van der Waals surface area contributed by atoms with Crippen LogP contribution in [0.15, 0.2) is 15.8 Å². The third-order valence-electron chi connectivity index (χ3n) is 4.13. The van der Waals surface area contributed by atoms with Crippen LogP contribution < -0.4 is 16.3 Å². The molecule has 164 valence electrons. The number of hydrogen-bond donors (Lipinski definition) is 3. The SMILES string of the molecule is Cc1cn([C@H]2O[C@@H](CO[PH](=O)N[C@@H](C)C(=O)OC(C)C)[C@H](O)[C@H]2F)c(=O)[nH]c1=O. The largest absolute Gasteiger partial charge is 0.462 e. The van der Waals surface area contributed by atoms with E-state index in [2.05, 4.69) is 5.09 Å². The molecule has 0 aromatic carbocycles. The average molecular weight is 437 g/mol. The molecule has 2 heterocycles. The second-order valence-electron chi connectivity index (χ2n) is 6.93. The Labute approximate surface area is 166 Å². The van der Waals surface area contributed by atoms with Crippen LogP contribution in [0.5, 0.6) is 0 Å². The normalized spacial score (nSPS) is 26.4. The first kappa shape index (κ1) is 23.4. The number of nitrogens with one attached hydrogen (secondary N) is 2. The maximum absolute atomic E-state index is 14.5. The van der Waals surface area contributed by atoms with Crippen molar-refractivity contribution >= 4 is 14.1 Å². The summed E-state index contributed by atoms with van der Waals surface area (Å²) in [4.78, 5) is 37.1. The minimum Gasteiger partial charge on any atom is -0.462 e. The van der Waals surface area contributed by atoms with Crippen molar-refractivity contribution in [2.24, 2.45) is 0 Å². The number of aliphatic hydroxyl groups is 1. The van der Waals surface area contributed by atoms with Gasteiger partial charge in [-0.15, -0.1) is 0 Å². The van der Waals surface area contributed by atoms with Crippen LogP contribution in [-0.2, 0) is 23.4 Å². The summed E-state index contributed by atoms with van der Waals surface area (Å²) in [6.07, 6.45) is -5.56. The van der Waals surface area contributed by atoms with Crippen LogP contribution in [0.2, 0.25) is 0 Å². The highest BCUT2D eigenvalue weighted by molar-refractivity contribution is 7.36. The zero-order chi connectivity index (χ0) is 21.9. The number of aryl methyl sites for hydroxylation is 1. The summed E-state index contributed by atoms with van der Waals surface area (Å²) in [6.45, 7) is 5.75. The molecule has 0 bridgehead atoms. The van der Waals surface area contributed by atoms with E-state index in [-0.39, 0.29) is 11.7 Å². The Kier molecular flexibility index (Phi) is 7.89. The van der Waals surface area contributed by atoms with E-state index in [1.165, 1.54) is 13.8 Å². The fourth-order valence-electron chi connectivity index (χ4n) is 2.61. The molecule has 1 unspecified atom stereocenters. The molecular weight excluding hydrogens is 412 g/mol. The number of carbonyl (C=O) groups is 1. The van der Waals surface area contributed by atoms with Crippen molar-refractivity contribution in [1.29, 1.82) is 0 Å². The fraction of sp³-hybridized carbons (Fsp3) is 0.688. The molecule has 2 rings (SSSR count). The molecule has 1 aliphatic heterocycles. The number of halogens is 1. The molecular formula is C16H25FN3O8P. The van der Waals surface area contributed by atoms with Crippen LogP contribution >= 0.6 is 8.18 Å². The summed E-state index contributed by atoms with van der Waals surface area (Å²) in [7, 11) is -2.93. The minimum absolute atomic E-state index is 0.158. The van der Waals surface area contributed by atoms with Crippen molar-refractivity contribution in [2.75, 3.05) is 6.61 Å². The maximum atomic E-state index is 14.5. The van der Waals surface area contributed by atoms with Crippen LogP contribution in [0.1, 0.15) is 32.6 Å². The van der Waals surface area contributed by atoms with Gasteiger partial charge in [-0.05, 0) is 27.7 Å². The van der Waals surface area contributed by atoms with Gasteiger partial charge in [0, 0.05) is 11.8 Å². The van der Waals surface area contributed by atoms with E-state index in [4.69, 9.17) is 14.0 Å². The number of rotatable bonds is 8. The van der Waals surface area contributed by atoms with Crippen LogP contribution in [-0.4, -0.2) is 57.8 Å². The van der Waals surface area contributed by atoms with E-state index >= 15 is 0 Å². The Balaban J connectivity index is 1.97. The molecule has 13 heteroatoms. The molecule has 0 amide bonds. The van der Waals surface area contributed by atoms with Gasteiger partial charge >= 0.3 is 11.7 Å². The topological polar surface area (TPSA) is 149 Å². The number of aromatic amines is 1. The van der Waals surface area contributed by atoms with Gasteiger partial charge in [0.15, 0.2) is 12.4 Å². The van der Waals surface area contributed by atoms with E-state index in [0.717, 1.165) is 10.8 Å². The van der Waals surface area contributed by atoms with Crippen LogP contribution in [0.3, 0.4) is 0 Å².